The standard InChI is InChI=1S/C22H27N5OS/c1-16(2)9-14-24-21(28)17(3)29-22-26-25-20(19-10-12-23-13-11-19)27(22)15-18-7-5-4-6-8-18/h4-8,10-13,16-17H,9,14-15H2,1-3H3,(H,24,28). The fourth-order valence-corrected chi connectivity index (χ4v) is 3.71. The lowest BCUT2D eigenvalue weighted by atomic mass is 10.1. The van der Waals surface area contributed by atoms with Crippen LogP contribution in [0, 0.1) is 5.92 Å². The molecule has 1 aromatic carbocycles. The Morgan fingerprint density at radius 2 is 1.79 bits per heavy atom. The van der Waals surface area contributed by atoms with Gasteiger partial charge in [0.2, 0.25) is 5.91 Å². The molecule has 1 N–H and O–H groups in total. The highest BCUT2D eigenvalue weighted by atomic mass is 32.2. The number of thioether (sulfide) groups is 1. The molecule has 0 saturated heterocycles. The predicted molar refractivity (Wildman–Crippen MR) is 117 cm³/mol. The molecule has 1 atom stereocenters. The maximum atomic E-state index is 12.5. The Kier molecular flexibility index (Phi) is 7.41. The first-order valence-electron chi connectivity index (χ1n) is 9.86. The van der Waals surface area contributed by atoms with Gasteiger partial charge in [0.25, 0.3) is 0 Å². The number of hydrogen-bond acceptors (Lipinski definition) is 5. The Morgan fingerprint density at radius 1 is 1.07 bits per heavy atom. The van der Waals surface area contributed by atoms with E-state index in [4.69, 9.17) is 0 Å². The molecule has 0 aliphatic heterocycles. The smallest absolute Gasteiger partial charge is 0.233 e. The lowest BCUT2D eigenvalue weighted by molar-refractivity contribution is -0.120. The minimum Gasteiger partial charge on any atom is -0.355 e. The van der Waals surface area contributed by atoms with Crippen LogP contribution in [0.3, 0.4) is 0 Å². The summed E-state index contributed by atoms with van der Waals surface area (Å²) in [6, 6.07) is 14.0. The quantitative estimate of drug-likeness (QED) is 0.540. The number of amides is 1. The van der Waals surface area contributed by atoms with E-state index in [2.05, 4.69) is 51.0 Å². The van der Waals surface area contributed by atoms with Crippen LogP contribution in [0.1, 0.15) is 32.8 Å². The van der Waals surface area contributed by atoms with Crippen LogP contribution >= 0.6 is 11.8 Å². The van der Waals surface area contributed by atoms with E-state index in [0.29, 0.717) is 19.0 Å². The van der Waals surface area contributed by atoms with E-state index >= 15 is 0 Å². The fraction of sp³-hybridized carbons (Fsp3) is 0.364. The number of rotatable bonds is 9. The average Bonchev–Trinajstić information content (AvgIpc) is 3.11. The van der Waals surface area contributed by atoms with E-state index in [0.717, 1.165) is 28.5 Å². The summed E-state index contributed by atoms with van der Waals surface area (Å²) in [5.41, 5.74) is 2.10. The second-order valence-corrected chi connectivity index (χ2v) is 8.66. The summed E-state index contributed by atoms with van der Waals surface area (Å²) in [6.45, 7) is 7.53. The maximum Gasteiger partial charge on any atom is 0.233 e. The minimum absolute atomic E-state index is 0.0235. The Hall–Kier alpha value is -2.67. The van der Waals surface area contributed by atoms with E-state index in [1.165, 1.54) is 11.8 Å². The number of carbonyl (C=O) groups is 1. The van der Waals surface area contributed by atoms with Gasteiger partial charge in [0.1, 0.15) is 0 Å². The number of benzene rings is 1. The van der Waals surface area contributed by atoms with Crippen LogP contribution in [0.15, 0.2) is 60.0 Å². The fourth-order valence-electron chi connectivity index (χ4n) is 2.84. The van der Waals surface area contributed by atoms with E-state index in [1.807, 2.05) is 37.3 Å². The third-order valence-electron chi connectivity index (χ3n) is 4.51. The highest BCUT2D eigenvalue weighted by Gasteiger charge is 2.21. The van der Waals surface area contributed by atoms with Crippen molar-refractivity contribution in [1.29, 1.82) is 0 Å². The van der Waals surface area contributed by atoms with Crippen molar-refractivity contribution in [3.05, 3.63) is 60.4 Å². The molecule has 0 spiro atoms. The normalized spacial score (nSPS) is 12.1. The van der Waals surface area contributed by atoms with Gasteiger partial charge in [0.15, 0.2) is 11.0 Å². The highest BCUT2D eigenvalue weighted by Crippen LogP contribution is 2.27. The Balaban J connectivity index is 1.80. The van der Waals surface area contributed by atoms with Crippen molar-refractivity contribution >= 4 is 17.7 Å². The van der Waals surface area contributed by atoms with Crippen LogP contribution in [0.4, 0.5) is 0 Å². The second kappa shape index (κ2) is 10.2. The van der Waals surface area contributed by atoms with Crippen molar-refractivity contribution in [2.75, 3.05) is 6.54 Å². The Morgan fingerprint density at radius 3 is 2.48 bits per heavy atom. The Bertz CT molecular complexity index is 911. The molecule has 0 radical (unpaired) electrons. The predicted octanol–water partition coefficient (Wildman–Crippen LogP) is 4.03. The molecule has 0 aliphatic carbocycles. The molecule has 29 heavy (non-hydrogen) atoms. The number of hydrogen-bond donors (Lipinski definition) is 1. The number of pyridine rings is 1. The largest absolute Gasteiger partial charge is 0.355 e. The minimum atomic E-state index is -0.258. The van der Waals surface area contributed by atoms with Crippen molar-refractivity contribution < 1.29 is 4.79 Å². The van der Waals surface area contributed by atoms with E-state index in [1.54, 1.807) is 12.4 Å². The first kappa shape index (κ1) is 21.0. The summed E-state index contributed by atoms with van der Waals surface area (Å²) < 4.78 is 2.06. The van der Waals surface area contributed by atoms with Gasteiger partial charge in [-0.2, -0.15) is 0 Å². The van der Waals surface area contributed by atoms with Crippen molar-refractivity contribution in [1.82, 2.24) is 25.1 Å². The molecular weight excluding hydrogens is 382 g/mol. The summed E-state index contributed by atoms with van der Waals surface area (Å²) in [6.07, 6.45) is 4.46. The van der Waals surface area contributed by atoms with Crippen LogP contribution in [-0.4, -0.2) is 37.5 Å². The van der Waals surface area contributed by atoms with E-state index < -0.39 is 0 Å². The molecular formula is C22H27N5OS. The number of aromatic nitrogens is 4. The van der Waals surface area contributed by atoms with E-state index in [9.17, 15) is 4.79 Å². The van der Waals surface area contributed by atoms with Crippen molar-refractivity contribution in [2.24, 2.45) is 5.92 Å². The van der Waals surface area contributed by atoms with Gasteiger partial charge in [-0.3, -0.25) is 14.3 Å². The monoisotopic (exact) mass is 409 g/mol. The average molecular weight is 410 g/mol. The van der Waals surface area contributed by atoms with Crippen LogP contribution in [0.5, 0.6) is 0 Å². The van der Waals surface area contributed by atoms with Crippen LogP contribution in [0.25, 0.3) is 11.4 Å². The van der Waals surface area contributed by atoms with Crippen molar-refractivity contribution in [2.45, 2.75) is 44.1 Å². The van der Waals surface area contributed by atoms with Crippen LogP contribution in [-0.2, 0) is 11.3 Å². The first-order valence-corrected chi connectivity index (χ1v) is 10.7. The molecule has 2 aromatic heterocycles. The number of carbonyl (C=O) groups excluding carboxylic acids is 1. The van der Waals surface area contributed by atoms with Gasteiger partial charge in [-0.1, -0.05) is 55.9 Å². The summed E-state index contributed by atoms with van der Waals surface area (Å²) in [5.74, 6) is 1.36. The van der Waals surface area contributed by atoms with Crippen LogP contribution < -0.4 is 5.32 Å². The molecule has 152 valence electrons. The van der Waals surface area contributed by atoms with Crippen molar-refractivity contribution in [3.8, 4) is 11.4 Å². The summed E-state index contributed by atoms with van der Waals surface area (Å²) in [4.78, 5) is 16.6. The summed E-state index contributed by atoms with van der Waals surface area (Å²) in [5, 5.41) is 12.3. The van der Waals surface area contributed by atoms with Gasteiger partial charge in [-0.05, 0) is 37.0 Å². The highest BCUT2D eigenvalue weighted by molar-refractivity contribution is 8.00. The van der Waals surface area contributed by atoms with Crippen molar-refractivity contribution in [3.63, 3.8) is 0 Å². The number of nitrogens with one attached hydrogen (secondary N) is 1. The molecule has 1 unspecified atom stereocenters. The topological polar surface area (TPSA) is 72.7 Å². The summed E-state index contributed by atoms with van der Waals surface area (Å²) >= 11 is 1.43. The zero-order chi connectivity index (χ0) is 20.6. The molecule has 3 rings (SSSR count). The van der Waals surface area contributed by atoms with Gasteiger partial charge >= 0.3 is 0 Å². The molecule has 0 aliphatic rings. The SMILES string of the molecule is CC(C)CCNC(=O)C(C)Sc1nnc(-c2ccncc2)n1Cc1ccccc1. The summed E-state index contributed by atoms with van der Waals surface area (Å²) in [7, 11) is 0. The third-order valence-corrected chi connectivity index (χ3v) is 5.59. The van der Waals surface area contributed by atoms with Gasteiger partial charge in [0, 0.05) is 24.5 Å². The molecule has 6 nitrogen and oxygen atoms in total. The zero-order valence-electron chi connectivity index (χ0n) is 17.1. The molecule has 7 heteroatoms. The molecule has 2 heterocycles. The second-order valence-electron chi connectivity index (χ2n) is 7.35. The lowest BCUT2D eigenvalue weighted by Crippen LogP contribution is -2.32. The molecule has 0 saturated carbocycles. The van der Waals surface area contributed by atoms with Gasteiger partial charge in [-0.25, -0.2) is 0 Å². The van der Waals surface area contributed by atoms with E-state index in [-0.39, 0.29) is 11.2 Å². The third kappa shape index (κ3) is 5.90. The van der Waals surface area contributed by atoms with Gasteiger partial charge in [-0.15, -0.1) is 10.2 Å². The Labute approximate surface area is 176 Å². The first-order chi connectivity index (χ1) is 14.0. The molecule has 1 amide bonds. The molecule has 0 fully saturated rings. The van der Waals surface area contributed by atoms with Gasteiger partial charge in [0.05, 0.1) is 11.8 Å². The molecule has 0 bridgehead atoms. The lowest BCUT2D eigenvalue weighted by Gasteiger charge is -2.14. The molecule has 3 aromatic rings. The van der Waals surface area contributed by atoms with Crippen LogP contribution in [0.2, 0.25) is 0 Å². The number of nitrogens with zero attached hydrogens (tertiary/aromatic N) is 4. The van der Waals surface area contributed by atoms with Gasteiger partial charge < -0.3 is 5.32 Å². The zero-order valence-corrected chi connectivity index (χ0v) is 17.9. The maximum absolute atomic E-state index is 12.5.